The Hall–Kier alpha value is -2.38. The molecule has 0 heterocycles. The fourth-order valence-corrected chi connectivity index (χ4v) is 2.87. The summed E-state index contributed by atoms with van der Waals surface area (Å²) in [6.07, 6.45) is 1.01. The standard InChI is InChI=1S/C18H23N3O3S/c1-14-3-2-4-16(13-14)20-12-10-18(22)21-11-9-15-5-7-17(8-6-15)25(19,23)24/h2-8,13,20H,9-12H2,1H3,(H,21,22)(H2,19,23,24). The van der Waals surface area contributed by atoms with E-state index in [0.29, 0.717) is 25.9 Å². The van der Waals surface area contributed by atoms with Crippen molar-refractivity contribution in [3.05, 3.63) is 59.7 Å². The normalized spacial score (nSPS) is 11.1. The minimum atomic E-state index is -3.67. The van der Waals surface area contributed by atoms with E-state index in [1.807, 2.05) is 31.2 Å². The van der Waals surface area contributed by atoms with Crippen molar-refractivity contribution in [1.29, 1.82) is 0 Å². The number of hydrogen-bond acceptors (Lipinski definition) is 4. The van der Waals surface area contributed by atoms with Crippen LogP contribution in [0.4, 0.5) is 5.69 Å². The molecule has 0 atom stereocenters. The summed E-state index contributed by atoms with van der Waals surface area (Å²) in [5.74, 6) is -0.0266. The van der Waals surface area contributed by atoms with Crippen molar-refractivity contribution in [1.82, 2.24) is 5.32 Å². The van der Waals surface area contributed by atoms with Crippen LogP contribution < -0.4 is 15.8 Å². The Morgan fingerprint density at radius 1 is 1.08 bits per heavy atom. The van der Waals surface area contributed by atoms with Gasteiger partial charge in [0.1, 0.15) is 0 Å². The quantitative estimate of drug-likeness (QED) is 0.667. The number of primary sulfonamides is 1. The maximum Gasteiger partial charge on any atom is 0.238 e. The van der Waals surface area contributed by atoms with E-state index < -0.39 is 10.0 Å². The summed E-state index contributed by atoms with van der Waals surface area (Å²) in [5.41, 5.74) is 3.11. The van der Waals surface area contributed by atoms with Crippen molar-refractivity contribution in [3.63, 3.8) is 0 Å². The molecule has 134 valence electrons. The summed E-state index contributed by atoms with van der Waals surface area (Å²) in [5, 5.41) is 11.1. The molecule has 0 unspecified atom stereocenters. The van der Waals surface area contributed by atoms with Crippen LogP contribution >= 0.6 is 0 Å². The molecule has 0 saturated heterocycles. The van der Waals surface area contributed by atoms with Crippen LogP contribution in [0.2, 0.25) is 0 Å². The summed E-state index contributed by atoms with van der Waals surface area (Å²) in [6.45, 7) is 3.09. The molecule has 2 aromatic carbocycles. The van der Waals surface area contributed by atoms with Gasteiger partial charge in [0.25, 0.3) is 0 Å². The van der Waals surface area contributed by atoms with Crippen LogP contribution in [0.15, 0.2) is 53.4 Å². The van der Waals surface area contributed by atoms with Crippen molar-refractivity contribution in [2.45, 2.75) is 24.7 Å². The van der Waals surface area contributed by atoms with Crippen molar-refractivity contribution >= 4 is 21.6 Å². The lowest BCUT2D eigenvalue weighted by atomic mass is 10.1. The van der Waals surface area contributed by atoms with Gasteiger partial charge in [-0.1, -0.05) is 24.3 Å². The third-order valence-electron chi connectivity index (χ3n) is 3.69. The highest BCUT2D eigenvalue weighted by Gasteiger charge is 2.07. The first-order valence-corrected chi connectivity index (χ1v) is 9.58. The van der Waals surface area contributed by atoms with Gasteiger partial charge in [0.15, 0.2) is 0 Å². The first-order chi connectivity index (χ1) is 11.8. The van der Waals surface area contributed by atoms with Gasteiger partial charge in [0.2, 0.25) is 15.9 Å². The van der Waals surface area contributed by atoms with Crippen LogP contribution in [-0.4, -0.2) is 27.4 Å². The zero-order chi connectivity index (χ0) is 18.3. The molecule has 6 nitrogen and oxygen atoms in total. The van der Waals surface area contributed by atoms with E-state index in [-0.39, 0.29) is 10.8 Å². The molecule has 0 saturated carbocycles. The lowest BCUT2D eigenvalue weighted by Gasteiger charge is -2.08. The van der Waals surface area contributed by atoms with E-state index >= 15 is 0 Å². The summed E-state index contributed by atoms with van der Waals surface area (Å²) < 4.78 is 22.4. The van der Waals surface area contributed by atoms with E-state index in [1.54, 1.807) is 12.1 Å². The molecular weight excluding hydrogens is 338 g/mol. The highest BCUT2D eigenvalue weighted by atomic mass is 32.2. The number of carbonyl (C=O) groups is 1. The second-order valence-corrected chi connectivity index (χ2v) is 7.40. The molecule has 0 aliphatic rings. The second-order valence-electron chi connectivity index (χ2n) is 5.84. The van der Waals surface area contributed by atoms with Gasteiger partial charge < -0.3 is 10.6 Å². The Bertz CT molecular complexity index is 818. The number of carbonyl (C=O) groups excluding carboxylic acids is 1. The number of rotatable bonds is 8. The minimum Gasteiger partial charge on any atom is -0.385 e. The zero-order valence-corrected chi connectivity index (χ0v) is 15.0. The number of hydrogen-bond donors (Lipinski definition) is 3. The van der Waals surface area contributed by atoms with Crippen LogP contribution in [0.3, 0.4) is 0 Å². The van der Waals surface area contributed by atoms with E-state index in [9.17, 15) is 13.2 Å². The number of nitrogens with one attached hydrogen (secondary N) is 2. The number of aryl methyl sites for hydroxylation is 1. The molecule has 0 aliphatic carbocycles. The Kier molecular flexibility index (Phi) is 6.55. The summed E-state index contributed by atoms with van der Waals surface area (Å²) >= 11 is 0. The monoisotopic (exact) mass is 361 g/mol. The van der Waals surface area contributed by atoms with E-state index in [0.717, 1.165) is 11.3 Å². The van der Waals surface area contributed by atoms with Gasteiger partial charge in [0, 0.05) is 25.2 Å². The summed E-state index contributed by atoms with van der Waals surface area (Å²) in [7, 11) is -3.67. The third-order valence-corrected chi connectivity index (χ3v) is 4.62. The van der Waals surface area contributed by atoms with Gasteiger partial charge in [-0.15, -0.1) is 0 Å². The average Bonchev–Trinajstić information content (AvgIpc) is 2.54. The lowest BCUT2D eigenvalue weighted by molar-refractivity contribution is -0.120. The Labute approximate surface area is 148 Å². The van der Waals surface area contributed by atoms with E-state index in [4.69, 9.17) is 5.14 Å². The maximum atomic E-state index is 11.8. The number of anilines is 1. The van der Waals surface area contributed by atoms with Crippen molar-refractivity contribution in [2.24, 2.45) is 5.14 Å². The van der Waals surface area contributed by atoms with Crippen LogP contribution in [0.5, 0.6) is 0 Å². The largest absolute Gasteiger partial charge is 0.385 e. The Morgan fingerprint density at radius 3 is 2.44 bits per heavy atom. The molecule has 0 radical (unpaired) electrons. The third kappa shape index (κ3) is 6.56. The van der Waals surface area contributed by atoms with Crippen molar-refractivity contribution in [2.75, 3.05) is 18.4 Å². The molecule has 25 heavy (non-hydrogen) atoms. The minimum absolute atomic E-state index is 0.0266. The molecule has 0 spiro atoms. The molecule has 0 bridgehead atoms. The number of benzene rings is 2. The fourth-order valence-electron chi connectivity index (χ4n) is 2.36. The predicted molar refractivity (Wildman–Crippen MR) is 98.8 cm³/mol. The molecule has 4 N–H and O–H groups in total. The van der Waals surface area contributed by atoms with Gasteiger partial charge in [-0.25, -0.2) is 13.6 Å². The molecule has 0 fully saturated rings. The van der Waals surface area contributed by atoms with Crippen molar-refractivity contribution in [3.8, 4) is 0 Å². The molecule has 1 amide bonds. The van der Waals surface area contributed by atoms with E-state index in [1.165, 1.54) is 17.7 Å². The highest BCUT2D eigenvalue weighted by Crippen LogP contribution is 2.10. The van der Waals surface area contributed by atoms with Crippen LogP contribution in [0, 0.1) is 6.92 Å². The molecular formula is C18H23N3O3S. The van der Waals surface area contributed by atoms with Gasteiger partial charge in [-0.2, -0.15) is 0 Å². The molecule has 7 heteroatoms. The maximum absolute atomic E-state index is 11.8. The average molecular weight is 361 g/mol. The topological polar surface area (TPSA) is 101 Å². The second kappa shape index (κ2) is 8.64. The first kappa shape index (κ1) is 19.0. The van der Waals surface area contributed by atoms with E-state index in [2.05, 4.69) is 10.6 Å². The lowest BCUT2D eigenvalue weighted by Crippen LogP contribution is -2.27. The molecule has 2 rings (SSSR count). The van der Waals surface area contributed by atoms with Gasteiger partial charge >= 0.3 is 0 Å². The molecule has 0 aromatic heterocycles. The van der Waals surface area contributed by atoms with Gasteiger partial charge in [0.05, 0.1) is 4.90 Å². The molecule has 0 aliphatic heterocycles. The summed E-state index contributed by atoms with van der Waals surface area (Å²) in [4.78, 5) is 11.9. The Morgan fingerprint density at radius 2 is 1.80 bits per heavy atom. The number of nitrogens with two attached hydrogens (primary N) is 1. The summed E-state index contributed by atoms with van der Waals surface area (Å²) in [6, 6.07) is 14.3. The predicted octanol–water partition coefficient (Wildman–Crippen LogP) is 1.80. The van der Waals surface area contributed by atoms with Gasteiger partial charge in [-0.05, 0) is 48.7 Å². The van der Waals surface area contributed by atoms with Crippen LogP contribution in [0.1, 0.15) is 17.5 Å². The van der Waals surface area contributed by atoms with Crippen LogP contribution in [0.25, 0.3) is 0 Å². The highest BCUT2D eigenvalue weighted by molar-refractivity contribution is 7.89. The SMILES string of the molecule is Cc1cccc(NCCC(=O)NCCc2ccc(S(N)(=O)=O)cc2)c1. The number of sulfonamides is 1. The number of amides is 1. The smallest absolute Gasteiger partial charge is 0.238 e. The van der Waals surface area contributed by atoms with Crippen LogP contribution in [-0.2, 0) is 21.2 Å². The fraction of sp³-hybridized carbons (Fsp3) is 0.278. The van der Waals surface area contributed by atoms with Gasteiger partial charge in [-0.3, -0.25) is 4.79 Å². The Balaban J connectivity index is 1.68. The molecule has 2 aromatic rings. The zero-order valence-electron chi connectivity index (χ0n) is 14.2. The van der Waals surface area contributed by atoms with Crippen molar-refractivity contribution < 1.29 is 13.2 Å². The first-order valence-electron chi connectivity index (χ1n) is 8.03.